The largest absolute Gasteiger partial charge is 0.388 e. The molecule has 2 aromatic carbocycles. The van der Waals surface area contributed by atoms with Crippen LogP contribution in [-0.2, 0) is 13.2 Å². The van der Waals surface area contributed by atoms with Crippen LogP contribution in [0.1, 0.15) is 36.8 Å². The van der Waals surface area contributed by atoms with Gasteiger partial charge in [0.05, 0.1) is 17.8 Å². The van der Waals surface area contributed by atoms with Gasteiger partial charge in [-0.1, -0.05) is 43.8 Å². The topological polar surface area (TPSA) is 50.9 Å². The fourth-order valence-electron chi connectivity index (χ4n) is 3.35. The Bertz CT molecular complexity index is 1190. The van der Waals surface area contributed by atoms with Crippen molar-refractivity contribution in [3.8, 4) is 0 Å². The minimum atomic E-state index is -0.629. The van der Waals surface area contributed by atoms with Gasteiger partial charge in [0.1, 0.15) is 29.1 Å². The zero-order valence-electron chi connectivity index (χ0n) is 16.6. The van der Waals surface area contributed by atoms with E-state index >= 15 is 0 Å². The maximum absolute atomic E-state index is 13.7. The van der Waals surface area contributed by atoms with E-state index in [2.05, 4.69) is 16.0 Å². The van der Waals surface area contributed by atoms with E-state index in [1.54, 1.807) is 6.20 Å². The summed E-state index contributed by atoms with van der Waals surface area (Å²) in [6.45, 7) is 4.20. The molecule has 2 aromatic heterocycles. The molecule has 30 heavy (non-hydrogen) atoms. The average molecular weight is 426 g/mol. The number of halogens is 2. The molecule has 1 N–H and O–H groups in total. The summed E-state index contributed by atoms with van der Waals surface area (Å²) in [6.07, 6.45) is 1.80. The summed E-state index contributed by atoms with van der Waals surface area (Å²) in [5.41, 5.74) is 2.63. The molecule has 0 aliphatic carbocycles. The minimum Gasteiger partial charge on any atom is -0.388 e. The molecule has 4 nitrogen and oxygen atoms in total. The van der Waals surface area contributed by atoms with Crippen LogP contribution in [0, 0.1) is 11.6 Å². The number of fused-ring (bicyclic) bond motifs is 1. The van der Waals surface area contributed by atoms with E-state index in [9.17, 15) is 13.9 Å². The van der Waals surface area contributed by atoms with Crippen molar-refractivity contribution < 1.29 is 13.9 Å². The van der Waals surface area contributed by atoms with Gasteiger partial charge in [0.15, 0.2) is 0 Å². The normalized spacial score (nSPS) is 11.5. The highest BCUT2D eigenvalue weighted by atomic mass is 32.2. The predicted molar refractivity (Wildman–Crippen MR) is 114 cm³/mol. The molecular formula is C23H21F2N3OS. The third kappa shape index (κ3) is 4.22. The van der Waals surface area contributed by atoms with Crippen molar-refractivity contribution in [3.63, 3.8) is 0 Å². The summed E-state index contributed by atoms with van der Waals surface area (Å²) in [5.74, 6) is -0.676. The van der Waals surface area contributed by atoms with E-state index in [0.717, 1.165) is 33.3 Å². The SMILES string of the molecule is CC(C)c1nc(CO)n(Cc2cnc3ccccc3c2)c1Sc1cc(F)cc(F)c1. The number of hydrogen-bond donors (Lipinski definition) is 1. The molecule has 0 aliphatic heterocycles. The van der Waals surface area contributed by atoms with Crippen LogP contribution < -0.4 is 0 Å². The standard InChI is InChI=1S/C23H21F2N3OS/c1-14(2)22-23(30-19-9-17(24)8-18(25)10-19)28(21(13-29)27-22)12-15-7-16-5-3-4-6-20(16)26-11-15/h3-11,14,29H,12-13H2,1-2H3. The molecule has 4 rings (SSSR count). The van der Waals surface area contributed by atoms with Gasteiger partial charge in [-0.25, -0.2) is 13.8 Å². The number of hydrogen-bond acceptors (Lipinski definition) is 4. The Morgan fingerprint density at radius 2 is 1.80 bits per heavy atom. The van der Waals surface area contributed by atoms with Gasteiger partial charge in [-0.15, -0.1) is 0 Å². The zero-order valence-corrected chi connectivity index (χ0v) is 17.5. The van der Waals surface area contributed by atoms with Gasteiger partial charge in [-0.3, -0.25) is 4.98 Å². The number of benzene rings is 2. The highest BCUT2D eigenvalue weighted by Crippen LogP contribution is 2.36. The first-order chi connectivity index (χ1) is 14.4. The molecule has 0 saturated heterocycles. The molecule has 0 radical (unpaired) electrons. The van der Waals surface area contributed by atoms with Crippen LogP contribution in [0.2, 0.25) is 0 Å². The van der Waals surface area contributed by atoms with Crippen LogP contribution in [0.25, 0.3) is 10.9 Å². The summed E-state index contributed by atoms with van der Waals surface area (Å²) in [6, 6.07) is 13.3. The van der Waals surface area contributed by atoms with Crippen molar-refractivity contribution in [1.82, 2.24) is 14.5 Å². The lowest BCUT2D eigenvalue weighted by Crippen LogP contribution is -2.07. The molecular weight excluding hydrogens is 404 g/mol. The maximum Gasteiger partial charge on any atom is 0.136 e. The maximum atomic E-state index is 13.7. The fourth-order valence-corrected chi connectivity index (χ4v) is 4.59. The van der Waals surface area contributed by atoms with Crippen LogP contribution in [0.4, 0.5) is 8.78 Å². The zero-order chi connectivity index (χ0) is 21.3. The number of pyridine rings is 1. The van der Waals surface area contributed by atoms with Gasteiger partial charge in [0.2, 0.25) is 0 Å². The van der Waals surface area contributed by atoms with Crippen molar-refractivity contribution in [2.45, 2.75) is 42.8 Å². The van der Waals surface area contributed by atoms with Crippen molar-refractivity contribution in [2.24, 2.45) is 0 Å². The van der Waals surface area contributed by atoms with Crippen molar-refractivity contribution >= 4 is 22.7 Å². The van der Waals surface area contributed by atoms with Gasteiger partial charge >= 0.3 is 0 Å². The molecule has 154 valence electrons. The molecule has 2 heterocycles. The Morgan fingerprint density at radius 1 is 1.07 bits per heavy atom. The summed E-state index contributed by atoms with van der Waals surface area (Å²) in [5, 5.41) is 11.7. The first-order valence-corrected chi connectivity index (χ1v) is 10.4. The third-order valence-corrected chi connectivity index (χ3v) is 5.85. The van der Waals surface area contributed by atoms with Crippen LogP contribution in [0.3, 0.4) is 0 Å². The number of nitrogens with zero attached hydrogens (tertiary/aromatic N) is 3. The Hall–Kier alpha value is -2.77. The first kappa shape index (κ1) is 20.5. The van der Waals surface area contributed by atoms with Gasteiger partial charge in [0, 0.05) is 22.5 Å². The molecule has 0 aliphatic rings. The van der Waals surface area contributed by atoms with Crippen LogP contribution in [0.5, 0.6) is 0 Å². The van der Waals surface area contributed by atoms with Crippen molar-refractivity contribution in [3.05, 3.63) is 83.4 Å². The summed E-state index contributed by atoms with van der Waals surface area (Å²) in [4.78, 5) is 9.56. The fraction of sp³-hybridized carbons (Fsp3) is 0.217. The molecule has 0 unspecified atom stereocenters. The Labute approximate surface area is 177 Å². The quantitative estimate of drug-likeness (QED) is 0.442. The van der Waals surface area contributed by atoms with Gasteiger partial charge < -0.3 is 9.67 Å². The highest BCUT2D eigenvalue weighted by molar-refractivity contribution is 7.99. The number of imidazole rings is 1. The molecule has 7 heteroatoms. The van der Waals surface area contributed by atoms with Crippen LogP contribution in [-0.4, -0.2) is 19.6 Å². The monoisotopic (exact) mass is 425 g/mol. The summed E-state index contributed by atoms with van der Waals surface area (Å²) >= 11 is 1.25. The number of para-hydroxylation sites is 1. The second kappa shape index (κ2) is 8.53. The second-order valence-corrected chi connectivity index (χ2v) is 8.42. The van der Waals surface area contributed by atoms with E-state index in [-0.39, 0.29) is 12.5 Å². The highest BCUT2D eigenvalue weighted by Gasteiger charge is 2.21. The van der Waals surface area contributed by atoms with E-state index in [4.69, 9.17) is 0 Å². The van der Waals surface area contributed by atoms with Gasteiger partial charge in [-0.05, 0) is 35.7 Å². The smallest absolute Gasteiger partial charge is 0.136 e. The summed E-state index contributed by atoms with van der Waals surface area (Å²) < 4.78 is 29.4. The number of aliphatic hydroxyl groups excluding tert-OH is 1. The van der Waals surface area contributed by atoms with Crippen molar-refractivity contribution in [2.75, 3.05) is 0 Å². The third-order valence-electron chi connectivity index (χ3n) is 4.75. The molecule has 0 atom stereocenters. The average Bonchev–Trinajstić information content (AvgIpc) is 3.04. The van der Waals surface area contributed by atoms with E-state index in [0.29, 0.717) is 17.3 Å². The Morgan fingerprint density at radius 3 is 2.50 bits per heavy atom. The number of rotatable bonds is 6. The van der Waals surface area contributed by atoms with E-state index in [1.807, 2.05) is 42.7 Å². The molecule has 0 amide bonds. The lowest BCUT2D eigenvalue weighted by Gasteiger charge is -2.13. The minimum absolute atomic E-state index is 0.0761. The van der Waals surface area contributed by atoms with E-state index < -0.39 is 11.6 Å². The Balaban J connectivity index is 1.78. The molecule has 0 fully saturated rings. The van der Waals surface area contributed by atoms with Crippen molar-refractivity contribution in [1.29, 1.82) is 0 Å². The first-order valence-electron chi connectivity index (χ1n) is 9.62. The van der Waals surface area contributed by atoms with Crippen LogP contribution >= 0.6 is 11.8 Å². The second-order valence-electron chi connectivity index (χ2n) is 7.36. The number of aliphatic hydroxyl groups is 1. The molecule has 0 saturated carbocycles. The van der Waals surface area contributed by atoms with Gasteiger partial charge in [-0.2, -0.15) is 0 Å². The summed E-state index contributed by atoms with van der Waals surface area (Å²) in [7, 11) is 0. The lowest BCUT2D eigenvalue weighted by atomic mass is 10.1. The van der Waals surface area contributed by atoms with Gasteiger partial charge in [0.25, 0.3) is 0 Å². The molecule has 0 bridgehead atoms. The molecule has 0 spiro atoms. The van der Waals surface area contributed by atoms with E-state index in [1.165, 1.54) is 23.9 Å². The lowest BCUT2D eigenvalue weighted by molar-refractivity contribution is 0.265. The predicted octanol–water partition coefficient (Wildman–Crippen LogP) is 5.52. The Kier molecular flexibility index (Phi) is 5.83. The molecule has 4 aromatic rings. The van der Waals surface area contributed by atoms with Crippen LogP contribution in [0.15, 0.2) is 64.6 Å². The number of aromatic nitrogens is 3.